The van der Waals surface area contributed by atoms with E-state index in [1.54, 1.807) is 23.1 Å². The summed E-state index contributed by atoms with van der Waals surface area (Å²) in [6, 6.07) is 11.5. The molecule has 27 heavy (non-hydrogen) atoms. The standard InChI is InChI=1S/C20H18Br2FNO3/c21-16-4-1-13(2-5-16)19(25)24-9-7-14(8-10-24)20(26)27-12-15-3-6-17(23)11-18(15)22/h1-6,11,14H,7-10,12H2. The number of amides is 1. The summed E-state index contributed by atoms with van der Waals surface area (Å²) in [6.45, 7) is 1.14. The van der Waals surface area contributed by atoms with E-state index in [9.17, 15) is 14.0 Å². The lowest BCUT2D eigenvalue weighted by Crippen LogP contribution is -2.40. The van der Waals surface area contributed by atoms with Crippen LogP contribution in [0.1, 0.15) is 28.8 Å². The van der Waals surface area contributed by atoms with Gasteiger partial charge in [-0.25, -0.2) is 4.39 Å². The van der Waals surface area contributed by atoms with Crippen molar-refractivity contribution in [3.05, 3.63) is 68.4 Å². The van der Waals surface area contributed by atoms with E-state index in [0.29, 0.717) is 41.5 Å². The van der Waals surface area contributed by atoms with Crippen molar-refractivity contribution in [2.45, 2.75) is 19.4 Å². The summed E-state index contributed by atoms with van der Waals surface area (Å²) in [5.41, 5.74) is 1.35. The summed E-state index contributed by atoms with van der Waals surface area (Å²) < 4.78 is 20.0. The van der Waals surface area contributed by atoms with Crippen LogP contribution >= 0.6 is 31.9 Å². The van der Waals surface area contributed by atoms with Gasteiger partial charge < -0.3 is 9.64 Å². The third kappa shape index (κ3) is 5.17. The Bertz CT molecular complexity index is 834. The van der Waals surface area contributed by atoms with Crippen LogP contribution in [-0.4, -0.2) is 29.9 Å². The predicted molar refractivity (Wildman–Crippen MR) is 107 cm³/mol. The molecule has 0 bridgehead atoms. The lowest BCUT2D eigenvalue weighted by atomic mass is 9.96. The van der Waals surface area contributed by atoms with Gasteiger partial charge in [-0.3, -0.25) is 9.59 Å². The first-order valence-corrected chi connectivity index (χ1v) is 10.2. The molecule has 1 amide bonds. The fourth-order valence-electron chi connectivity index (χ4n) is 3.00. The summed E-state index contributed by atoms with van der Waals surface area (Å²) in [6.07, 6.45) is 1.15. The molecular formula is C20H18Br2FNO3. The van der Waals surface area contributed by atoms with Crippen molar-refractivity contribution in [2.24, 2.45) is 5.92 Å². The van der Waals surface area contributed by atoms with Crippen LogP contribution in [0.4, 0.5) is 4.39 Å². The molecule has 1 aliphatic heterocycles. The molecule has 1 saturated heterocycles. The van der Waals surface area contributed by atoms with Gasteiger partial charge in [0.05, 0.1) is 5.92 Å². The highest BCUT2D eigenvalue weighted by Gasteiger charge is 2.29. The largest absolute Gasteiger partial charge is 0.461 e. The highest BCUT2D eigenvalue weighted by atomic mass is 79.9. The van der Waals surface area contributed by atoms with Gasteiger partial charge in [0.2, 0.25) is 0 Å². The first kappa shape index (κ1) is 20.0. The van der Waals surface area contributed by atoms with Crippen molar-refractivity contribution < 1.29 is 18.7 Å². The molecule has 3 rings (SSSR count). The molecular weight excluding hydrogens is 481 g/mol. The van der Waals surface area contributed by atoms with Crippen LogP contribution in [0.2, 0.25) is 0 Å². The molecule has 0 atom stereocenters. The number of hydrogen-bond acceptors (Lipinski definition) is 3. The van der Waals surface area contributed by atoms with Gasteiger partial charge in [0.15, 0.2) is 0 Å². The minimum atomic E-state index is -0.347. The molecule has 0 saturated carbocycles. The molecule has 0 spiro atoms. The highest BCUT2D eigenvalue weighted by molar-refractivity contribution is 9.10. The number of carbonyl (C=O) groups excluding carboxylic acids is 2. The number of piperidine rings is 1. The normalized spacial score (nSPS) is 14.9. The average Bonchev–Trinajstić information content (AvgIpc) is 2.67. The quantitative estimate of drug-likeness (QED) is 0.560. The zero-order valence-electron chi connectivity index (χ0n) is 14.5. The second kappa shape index (κ2) is 8.97. The van der Waals surface area contributed by atoms with E-state index in [0.717, 1.165) is 4.47 Å². The van der Waals surface area contributed by atoms with Gasteiger partial charge in [0.25, 0.3) is 5.91 Å². The van der Waals surface area contributed by atoms with Gasteiger partial charge in [-0.1, -0.05) is 37.9 Å². The number of benzene rings is 2. The average molecular weight is 499 g/mol. The van der Waals surface area contributed by atoms with Gasteiger partial charge in [0.1, 0.15) is 12.4 Å². The number of ether oxygens (including phenoxy) is 1. The van der Waals surface area contributed by atoms with Crippen molar-refractivity contribution >= 4 is 43.7 Å². The Morgan fingerprint density at radius 1 is 1.07 bits per heavy atom. The first-order chi connectivity index (χ1) is 12.9. The van der Waals surface area contributed by atoms with Crippen molar-refractivity contribution in [1.82, 2.24) is 4.90 Å². The minimum absolute atomic E-state index is 0.0236. The molecule has 7 heteroatoms. The molecule has 0 aromatic heterocycles. The van der Waals surface area contributed by atoms with Crippen LogP contribution in [0.15, 0.2) is 51.4 Å². The molecule has 4 nitrogen and oxygen atoms in total. The molecule has 1 fully saturated rings. The molecule has 1 heterocycles. The molecule has 0 unspecified atom stereocenters. The number of likely N-dealkylation sites (tertiary alicyclic amines) is 1. The van der Waals surface area contributed by atoms with E-state index in [-0.39, 0.29) is 30.2 Å². The smallest absolute Gasteiger partial charge is 0.309 e. The zero-order valence-corrected chi connectivity index (χ0v) is 17.6. The minimum Gasteiger partial charge on any atom is -0.461 e. The van der Waals surface area contributed by atoms with Crippen LogP contribution in [0.5, 0.6) is 0 Å². The molecule has 142 valence electrons. The number of esters is 1. The number of nitrogens with zero attached hydrogens (tertiary/aromatic N) is 1. The second-order valence-corrected chi connectivity index (χ2v) is 8.19. The predicted octanol–water partition coefficient (Wildman–Crippen LogP) is 4.95. The van der Waals surface area contributed by atoms with E-state index >= 15 is 0 Å². The molecule has 0 N–H and O–H groups in total. The Kier molecular flexibility index (Phi) is 6.65. The van der Waals surface area contributed by atoms with Gasteiger partial charge in [-0.05, 0) is 49.2 Å². The molecule has 0 radical (unpaired) electrons. The number of hydrogen-bond donors (Lipinski definition) is 0. The van der Waals surface area contributed by atoms with Crippen molar-refractivity contribution in [1.29, 1.82) is 0 Å². The maximum atomic E-state index is 13.1. The van der Waals surface area contributed by atoms with Gasteiger partial charge in [-0.15, -0.1) is 0 Å². The Hall–Kier alpha value is -1.73. The van der Waals surface area contributed by atoms with Gasteiger partial charge in [0, 0.05) is 33.2 Å². The topological polar surface area (TPSA) is 46.6 Å². The van der Waals surface area contributed by atoms with Crippen LogP contribution in [0.25, 0.3) is 0 Å². The summed E-state index contributed by atoms with van der Waals surface area (Å²) in [7, 11) is 0. The summed E-state index contributed by atoms with van der Waals surface area (Å²) >= 11 is 6.62. The fourth-order valence-corrected chi connectivity index (χ4v) is 3.73. The van der Waals surface area contributed by atoms with Crippen molar-refractivity contribution in [3.8, 4) is 0 Å². The van der Waals surface area contributed by atoms with Crippen LogP contribution in [-0.2, 0) is 16.1 Å². The number of halogens is 3. The Balaban J connectivity index is 1.50. The van der Waals surface area contributed by atoms with E-state index in [1.165, 1.54) is 12.1 Å². The third-order valence-corrected chi connectivity index (χ3v) is 5.86. The van der Waals surface area contributed by atoms with Crippen molar-refractivity contribution in [3.63, 3.8) is 0 Å². The molecule has 2 aromatic rings. The van der Waals surface area contributed by atoms with Crippen LogP contribution < -0.4 is 0 Å². The maximum absolute atomic E-state index is 13.1. The Morgan fingerprint density at radius 3 is 2.37 bits per heavy atom. The SMILES string of the molecule is O=C(OCc1ccc(F)cc1Br)C1CCN(C(=O)c2ccc(Br)cc2)CC1. The summed E-state index contributed by atoms with van der Waals surface area (Å²) in [4.78, 5) is 26.6. The van der Waals surface area contributed by atoms with Crippen LogP contribution in [0, 0.1) is 11.7 Å². The number of carbonyl (C=O) groups is 2. The highest BCUT2D eigenvalue weighted by Crippen LogP contribution is 2.23. The lowest BCUT2D eigenvalue weighted by Gasteiger charge is -2.31. The van der Waals surface area contributed by atoms with E-state index in [4.69, 9.17) is 4.74 Å². The Labute approximate surface area is 173 Å². The molecule has 1 aliphatic rings. The first-order valence-electron chi connectivity index (χ1n) is 8.59. The van der Waals surface area contributed by atoms with Crippen LogP contribution in [0.3, 0.4) is 0 Å². The second-order valence-electron chi connectivity index (χ2n) is 6.42. The molecule has 2 aromatic carbocycles. The van der Waals surface area contributed by atoms with E-state index < -0.39 is 0 Å². The molecule has 0 aliphatic carbocycles. The van der Waals surface area contributed by atoms with Gasteiger partial charge >= 0.3 is 5.97 Å². The van der Waals surface area contributed by atoms with E-state index in [1.807, 2.05) is 12.1 Å². The Morgan fingerprint density at radius 2 is 1.74 bits per heavy atom. The lowest BCUT2D eigenvalue weighted by molar-refractivity contribution is -0.151. The third-order valence-electron chi connectivity index (χ3n) is 4.59. The number of rotatable bonds is 4. The van der Waals surface area contributed by atoms with Crippen molar-refractivity contribution in [2.75, 3.05) is 13.1 Å². The van der Waals surface area contributed by atoms with Gasteiger partial charge in [-0.2, -0.15) is 0 Å². The fraction of sp³-hybridized carbons (Fsp3) is 0.300. The zero-order chi connectivity index (χ0) is 19.4. The monoisotopic (exact) mass is 497 g/mol. The van der Waals surface area contributed by atoms with E-state index in [2.05, 4.69) is 31.9 Å². The maximum Gasteiger partial charge on any atom is 0.309 e. The summed E-state index contributed by atoms with van der Waals surface area (Å²) in [5, 5.41) is 0. The summed E-state index contributed by atoms with van der Waals surface area (Å²) in [5.74, 6) is -0.871.